The first-order valence-electron chi connectivity index (χ1n) is 7.63. The van der Waals surface area contributed by atoms with Gasteiger partial charge in [-0.05, 0) is 25.1 Å². The van der Waals surface area contributed by atoms with Gasteiger partial charge < -0.3 is 17.5 Å². The van der Waals surface area contributed by atoms with Crippen molar-refractivity contribution in [2.45, 2.75) is 11.8 Å². The Morgan fingerprint density at radius 2 is 1.57 bits per heavy atom. The van der Waals surface area contributed by atoms with Crippen molar-refractivity contribution in [1.82, 2.24) is 0 Å². The maximum atomic E-state index is 12.5. The highest BCUT2D eigenvalue weighted by molar-refractivity contribution is 7.92. The summed E-state index contributed by atoms with van der Waals surface area (Å²) in [5.41, 5.74) is -1.01. The molecule has 1 saturated heterocycles. The van der Waals surface area contributed by atoms with Gasteiger partial charge in [-0.2, -0.15) is 16.8 Å². The molecule has 2 aliphatic heterocycles. The first-order chi connectivity index (χ1) is 13.0. The number of allylic oxidation sites excluding steroid dienone is 3. The summed E-state index contributed by atoms with van der Waals surface area (Å²) in [7, 11) is -9.69. The summed E-state index contributed by atoms with van der Waals surface area (Å²) < 4.78 is 68.8. The zero-order valence-electron chi connectivity index (χ0n) is 14.2. The molecule has 1 aromatic rings. The van der Waals surface area contributed by atoms with Crippen LogP contribution in [0.5, 0.6) is 0 Å². The van der Waals surface area contributed by atoms with Crippen LogP contribution in [0.2, 0.25) is 0 Å². The van der Waals surface area contributed by atoms with Gasteiger partial charge in [0.15, 0.2) is 0 Å². The van der Waals surface area contributed by atoms with Crippen molar-refractivity contribution in [3.63, 3.8) is 0 Å². The lowest BCUT2D eigenvalue weighted by Crippen LogP contribution is -2.51. The van der Waals surface area contributed by atoms with Gasteiger partial charge in [0.25, 0.3) is 32.2 Å². The van der Waals surface area contributed by atoms with E-state index in [-0.39, 0.29) is 0 Å². The van der Waals surface area contributed by atoms with Gasteiger partial charge in [-0.3, -0.25) is 9.59 Å². The molecule has 0 N–H and O–H groups in total. The quantitative estimate of drug-likeness (QED) is 0.469. The number of carbonyl (C=O) groups excluding carboxylic acids is 2. The van der Waals surface area contributed by atoms with Crippen molar-refractivity contribution < 1.29 is 43.9 Å². The molecule has 0 amide bonds. The van der Waals surface area contributed by atoms with Crippen LogP contribution >= 0.6 is 0 Å². The van der Waals surface area contributed by atoms with E-state index in [1.165, 1.54) is 24.3 Å². The minimum absolute atomic E-state index is 0.453. The van der Waals surface area contributed by atoms with Crippen LogP contribution in [-0.4, -0.2) is 35.7 Å². The summed E-state index contributed by atoms with van der Waals surface area (Å²) in [6, 6.07) is 4.78. The zero-order chi connectivity index (χ0) is 20.7. The minimum Gasteiger partial charge on any atom is -0.603 e. The van der Waals surface area contributed by atoms with Crippen LogP contribution in [0, 0.1) is 0 Å². The SMILES string of the molecule is C=C1/C(=C\C=C/C)C(=O)O[B-]2(OC(=O)c3ccccc3S(=O)(=O)O2)OS1(=O)=O. The predicted octanol–water partition coefficient (Wildman–Crippen LogP) is 0.917. The third-order valence-electron chi connectivity index (χ3n) is 3.65. The third kappa shape index (κ3) is 3.40. The van der Waals surface area contributed by atoms with Crippen LogP contribution in [0.4, 0.5) is 0 Å². The smallest absolute Gasteiger partial charge is 0.603 e. The summed E-state index contributed by atoms with van der Waals surface area (Å²) in [6.07, 6.45) is 3.85. The normalized spacial score (nSPS) is 27.8. The van der Waals surface area contributed by atoms with E-state index in [1.54, 1.807) is 6.92 Å². The number of benzene rings is 1. The molecule has 0 radical (unpaired) electrons. The fourth-order valence-corrected chi connectivity index (χ4v) is 4.60. The second-order valence-electron chi connectivity index (χ2n) is 5.51. The van der Waals surface area contributed by atoms with Crippen LogP contribution in [0.1, 0.15) is 17.3 Å². The monoisotopic (exact) mass is 427 g/mol. The first kappa shape index (κ1) is 20.0. The molecule has 2 aliphatic rings. The molecular formula is C15H12BO10S2-. The van der Waals surface area contributed by atoms with Gasteiger partial charge in [0.2, 0.25) is 0 Å². The van der Waals surface area contributed by atoms with Crippen molar-refractivity contribution >= 4 is 39.1 Å². The van der Waals surface area contributed by atoms with E-state index in [1.807, 2.05) is 0 Å². The summed E-state index contributed by atoms with van der Waals surface area (Å²) in [5, 5.41) is 0. The molecule has 3 rings (SSSR count). The standard InChI is InChI=1S/C15H12BO10S2/c1-3-4-7-11-10(2)27(19,20)25-16(23-14(11)17)24-15(18)12-8-5-6-9-13(12)28(21,22)26-16/h3-9H,2H2,1H3/q-1/b4-3-,11-7+. The fourth-order valence-electron chi connectivity index (χ4n) is 2.38. The Balaban J connectivity index is 2.19. The van der Waals surface area contributed by atoms with E-state index >= 15 is 0 Å². The second kappa shape index (κ2) is 6.70. The van der Waals surface area contributed by atoms with Crippen LogP contribution < -0.4 is 0 Å². The Morgan fingerprint density at radius 3 is 2.25 bits per heavy atom. The zero-order valence-corrected chi connectivity index (χ0v) is 15.9. The van der Waals surface area contributed by atoms with Gasteiger partial charge in [0.05, 0.1) is 16.0 Å². The van der Waals surface area contributed by atoms with Gasteiger partial charge in [-0.1, -0.05) is 30.9 Å². The van der Waals surface area contributed by atoms with Crippen molar-refractivity contribution in [1.29, 1.82) is 0 Å². The number of hydrogen-bond acceptors (Lipinski definition) is 10. The first-order valence-corrected chi connectivity index (χ1v) is 10.4. The summed E-state index contributed by atoms with van der Waals surface area (Å²) in [5.74, 6) is -2.70. The van der Waals surface area contributed by atoms with Crippen LogP contribution in [0.25, 0.3) is 0 Å². The third-order valence-corrected chi connectivity index (χ3v) is 6.34. The molecule has 0 bridgehead atoms. The van der Waals surface area contributed by atoms with Crippen LogP contribution in [0.3, 0.4) is 0 Å². The lowest BCUT2D eigenvalue weighted by atomic mass is 10.1. The highest BCUT2D eigenvalue weighted by atomic mass is 32.2. The van der Waals surface area contributed by atoms with Gasteiger partial charge in [0.1, 0.15) is 4.90 Å². The lowest BCUT2D eigenvalue weighted by molar-refractivity contribution is -0.134. The molecule has 2 heterocycles. The summed E-state index contributed by atoms with van der Waals surface area (Å²) in [6.45, 7) is 0.486. The lowest BCUT2D eigenvalue weighted by Gasteiger charge is -2.34. The van der Waals surface area contributed by atoms with E-state index < -0.39 is 60.1 Å². The Labute approximate surface area is 160 Å². The fraction of sp³-hybridized carbons (Fsp3) is 0.0667. The summed E-state index contributed by atoms with van der Waals surface area (Å²) >= 11 is 0. The molecule has 148 valence electrons. The Morgan fingerprint density at radius 1 is 0.964 bits per heavy atom. The topological polar surface area (TPSA) is 139 Å². The second-order valence-corrected chi connectivity index (χ2v) is 8.65. The molecule has 1 fully saturated rings. The van der Waals surface area contributed by atoms with Crippen molar-refractivity contribution in [3.8, 4) is 0 Å². The van der Waals surface area contributed by atoms with Crippen LogP contribution in [0.15, 0.2) is 64.4 Å². The van der Waals surface area contributed by atoms with Crippen molar-refractivity contribution in [3.05, 3.63) is 65.1 Å². The maximum Gasteiger partial charge on any atom is 0.684 e. The van der Waals surface area contributed by atoms with E-state index in [0.29, 0.717) is 0 Å². The average Bonchev–Trinajstić information content (AvgIpc) is 2.71. The molecule has 1 unspecified atom stereocenters. The van der Waals surface area contributed by atoms with Gasteiger partial charge in [-0.15, -0.1) is 0 Å². The Kier molecular flexibility index (Phi) is 4.79. The molecule has 1 atom stereocenters. The summed E-state index contributed by atoms with van der Waals surface area (Å²) in [4.78, 5) is 23.3. The molecule has 13 heteroatoms. The molecular weight excluding hydrogens is 415 g/mol. The average molecular weight is 427 g/mol. The highest BCUT2D eigenvalue weighted by Crippen LogP contribution is 2.35. The molecule has 1 spiro atoms. The van der Waals surface area contributed by atoms with E-state index in [4.69, 9.17) is 9.31 Å². The molecule has 0 saturated carbocycles. The maximum absolute atomic E-state index is 12.5. The van der Waals surface area contributed by atoms with E-state index in [9.17, 15) is 26.4 Å². The van der Waals surface area contributed by atoms with Gasteiger partial charge >= 0.3 is 6.96 Å². The predicted molar refractivity (Wildman–Crippen MR) is 94.0 cm³/mol. The molecule has 0 aliphatic carbocycles. The van der Waals surface area contributed by atoms with E-state index in [0.717, 1.165) is 18.2 Å². The number of rotatable bonds is 1. The Hall–Kier alpha value is -2.74. The number of hydrogen-bond donors (Lipinski definition) is 0. The van der Waals surface area contributed by atoms with E-state index in [2.05, 4.69) is 14.8 Å². The Bertz CT molecular complexity index is 1160. The minimum atomic E-state index is -4.88. The van der Waals surface area contributed by atoms with Crippen LogP contribution in [-0.2, 0) is 42.5 Å². The molecule has 28 heavy (non-hydrogen) atoms. The largest absolute Gasteiger partial charge is 0.684 e. The number of carbonyl (C=O) groups is 2. The molecule has 10 nitrogen and oxygen atoms in total. The molecule has 1 aromatic carbocycles. The highest BCUT2D eigenvalue weighted by Gasteiger charge is 2.54. The van der Waals surface area contributed by atoms with Crippen molar-refractivity contribution in [2.24, 2.45) is 0 Å². The van der Waals surface area contributed by atoms with Crippen molar-refractivity contribution in [2.75, 3.05) is 0 Å². The molecule has 0 aromatic heterocycles. The number of fused-ring (bicyclic) bond motifs is 1. The van der Waals surface area contributed by atoms with Gasteiger partial charge in [-0.25, -0.2) is 0 Å². The van der Waals surface area contributed by atoms with Gasteiger partial charge in [0, 0.05) is 0 Å².